The fourth-order valence-corrected chi connectivity index (χ4v) is 9.11. The number of aromatic hydroxyl groups is 1. The maximum absolute atomic E-state index is 12.1. The second-order valence-corrected chi connectivity index (χ2v) is 16.2. The number of hydrogen-bond acceptors (Lipinski definition) is 8. The van der Waals surface area contributed by atoms with Gasteiger partial charge in [-0.3, -0.25) is 4.79 Å². The predicted octanol–water partition coefficient (Wildman–Crippen LogP) is 5.75. The van der Waals surface area contributed by atoms with Crippen molar-refractivity contribution in [2.45, 2.75) is 82.1 Å². The molecule has 1 aliphatic carbocycles. The largest absolute Gasteiger partial charge is 0.508 e. The summed E-state index contributed by atoms with van der Waals surface area (Å²) in [5.41, 5.74) is 1.42. The highest BCUT2D eigenvalue weighted by Gasteiger charge is 2.48. The summed E-state index contributed by atoms with van der Waals surface area (Å²) >= 11 is 0. The van der Waals surface area contributed by atoms with Crippen LogP contribution in [0.1, 0.15) is 81.6 Å². The third-order valence-electron chi connectivity index (χ3n) is 12.3. The van der Waals surface area contributed by atoms with Gasteiger partial charge in [-0.25, -0.2) is 0 Å². The van der Waals surface area contributed by atoms with E-state index in [1.807, 2.05) is 56.3 Å². The zero-order valence-electron chi connectivity index (χ0n) is 30.7. The first-order valence-electron chi connectivity index (χ1n) is 19.2. The zero-order valence-corrected chi connectivity index (χ0v) is 30.7. The Morgan fingerprint density at radius 3 is 2.46 bits per heavy atom. The third-order valence-corrected chi connectivity index (χ3v) is 12.3. The van der Waals surface area contributed by atoms with Gasteiger partial charge in [0.2, 0.25) is 0 Å². The van der Waals surface area contributed by atoms with Crippen LogP contribution in [0, 0.1) is 11.8 Å². The summed E-state index contributed by atoms with van der Waals surface area (Å²) in [6, 6.07) is 21.2. The molecule has 10 heteroatoms. The van der Waals surface area contributed by atoms with E-state index < -0.39 is 17.2 Å². The number of rotatable bonds is 15. The molecule has 3 saturated heterocycles. The van der Waals surface area contributed by atoms with Gasteiger partial charge >= 0.3 is 0 Å². The Labute approximate surface area is 307 Å². The SMILES string of the molecule is CC(C)(NC[C@H](O)c1cc(O)cc2c1OCC(=O)N2)c1ccc(OCCC[N+]23CCC(CC2)[C@@H](OC[C@@](O)(c2ccccc2)C2CCCC2)C3)cc1. The standard InChI is InChI=1S/C42H55N3O7/c1-41(2,43-25-37(47)35-23-33(46)24-36-40(35)51-27-39(48)44-36)30-13-15-34(16-14-30)50-22-8-19-45-20-17-29(18-21-45)38(26-45)52-28-42(49,32-11-6-7-12-32)31-9-4-3-5-10-31/h3-5,9-10,13-16,23-24,29,32,37-38,43,47,49H,6-8,11-12,17-22,25-28H2,1-2H3,(H-,44,46,48)/p+1/t29?,37-,38-,42+,45?/m0/s1. The number of ether oxygens (including phenoxy) is 3. The van der Waals surface area contributed by atoms with Gasteiger partial charge in [-0.15, -0.1) is 0 Å². The van der Waals surface area contributed by atoms with Crippen LogP contribution in [-0.4, -0.2) is 84.4 Å². The number of fused-ring (bicyclic) bond motifs is 4. The number of quaternary nitrogens is 1. The third kappa shape index (κ3) is 7.96. The quantitative estimate of drug-likeness (QED) is 0.0995. The number of anilines is 1. The van der Waals surface area contributed by atoms with Gasteiger partial charge in [-0.1, -0.05) is 55.3 Å². The monoisotopic (exact) mass is 714 g/mol. The van der Waals surface area contributed by atoms with Crippen LogP contribution >= 0.6 is 0 Å². The molecule has 1 amide bonds. The number of carbonyl (C=O) groups excluding carboxylic acids is 1. The summed E-state index contributed by atoms with van der Waals surface area (Å²) in [5.74, 6) is 1.68. The number of phenolic OH excluding ortho intramolecular Hbond substituents is 1. The Hall–Kier alpha value is -3.67. The van der Waals surface area contributed by atoms with Crippen LogP contribution in [0.25, 0.3) is 0 Å². The van der Waals surface area contributed by atoms with Gasteiger partial charge in [0.05, 0.1) is 44.6 Å². The van der Waals surface area contributed by atoms with E-state index in [1.165, 1.54) is 50.9 Å². The number of hydrogen-bond donors (Lipinski definition) is 5. The molecule has 4 heterocycles. The second kappa shape index (κ2) is 15.4. The van der Waals surface area contributed by atoms with Crippen molar-refractivity contribution in [3.8, 4) is 17.2 Å². The topological polar surface area (TPSA) is 130 Å². The molecule has 0 radical (unpaired) electrons. The van der Waals surface area contributed by atoms with Crippen molar-refractivity contribution in [2.24, 2.45) is 11.8 Å². The summed E-state index contributed by atoms with van der Waals surface area (Å²) in [6.07, 6.45) is 7.04. The molecule has 4 aliphatic heterocycles. The lowest BCUT2D eigenvalue weighted by molar-refractivity contribution is -0.946. The Bertz CT molecular complexity index is 1670. The molecule has 5 aliphatic rings. The van der Waals surface area contributed by atoms with Crippen LogP contribution in [0.3, 0.4) is 0 Å². The number of nitrogens with one attached hydrogen (secondary N) is 2. The Morgan fingerprint density at radius 2 is 1.73 bits per heavy atom. The average Bonchev–Trinajstić information content (AvgIpc) is 3.71. The smallest absolute Gasteiger partial charge is 0.262 e. The van der Waals surface area contributed by atoms with Crippen molar-refractivity contribution in [3.63, 3.8) is 0 Å². The number of piperidine rings is 3. The Morgan fingerprint density at radius 1 is 1.00 bits per heavy atom. The zero-order chi connectivity index (χ0) is 36.3. The molecule has 2 bridgehead atoms. The highest BCUT2D eigenvalue weighted by molar-refractivity contribution is 5.96. The lowest BCUT2D eigenvalue weighted by atomic mass is 9.80. The molecule has 8 rings (SSSR count). The minimum atomic E-state index is -0.967. The van der Waals surface area contributed by atoms with Gasteiger partial charge in [-0.2, -0.15) is 0 Å². The van der Waals surface area contributed by atoms with Gasteiger partial charge in [0.1, 0.15) is 35.5 Å². The van der Waals surface area contributed by atoms with Crippen molar-refractivity contribution >= 4 is 11.6 Å². The molecule has 1 saturated carbocycles. The second-order valence-electron chi connectivity index (χ2n) is 16.2. The minimum absolute atomic E-state index is 0.0566. The maximum atomic E-state index is 12.1. The van der Waals surface area contributed by atoms with E-state index in [0.717, 1.165) is 53.7 Å². The molecule has 52 heavy (non-hydrogen) atoms. The van der Waals surface area contributed by atoms with Gasteiger partial charge in [0.15, 0.2) is 6.61 Å². The maximum Gasteiger partial charge on any atom is 0.262 e. The van der Waals surface area contributed by atoms with E-state index >= 15 is 0 Å². The lowest BCUT2D eigenvalue weighted by Gasteiger charge is -2.53. The summed E-state index contributed by atoms with van der Waals surface area (Å²) in [4.78, 5) is 11.7. The van der Waals surface area contributed by atoms with Gasteiger partial charge in [-0.05, 0) is 61.9 Å². The first-order valence-corrected chi connectivity index (χ1v) is 19.2. The van der Waals surface area contributed by atoms with Crippen LogP contribution in [-0.2, 0) is 20.7 Å². The first kappa shape index (κ1) is 36.7. The van der Waals surface area contributed by atoms with Crippen molar-refractivity contribution < 1.29 is 38.8 Å². The molecule has 280 valence electrons. The molecular formula is C42H56N3O7+. The van der Waals surface area contributed by atoms with Crippen molar-refractivity contribution in [3.05, 3.63) is 83.4 Å². The van der Waals surface area contributed by atoms with E-state index in [-0.39, 0.29) is 36.8 Å². The van der Waals surface area contributed by atoms with Crippen LogP contribution in [0.2, 0.25) is 0 Å². The van der Waals surface area contributed by atoms with E-state index in [0.29, 0.717) is 36.1 Å². The highest BCUT2D eigenvalue weighted by Crippen LogP contribution is 2.43. The minimum Gasteiger partial charge on any atom is -0.508 e. The predicted molar refractivity (Wildman–Crippen MR) is 199 cm³/mol. The van der Waals surface area contributed by atoms with Crippen LogP contribution in [0.5, 0.6) is 17.2 Å². The average molecular weight is 715 g/mol. The van der Waals surface area contributed by atoms with Gasteiger partial charge < -0.3 is 44.6 Å². The lowest BCUT2D eigenvalue weighted by Crippen LogP contribution is -2.65. The first-order chi connectivity index (χ1) is 25.0. The van der Waals surface area contributed by atoms with E-state index in [9.17, 15) is 20.1 Å². The number of nitrogens with zero attached hydrogens (tertiary/aromatic N) is 1. The van der Waals surface area contributed by atoms with E-state index in [1.54, 1.807) is 0 Å². The number of benzene rings is 3. The van der Waals surface area contributed by atoms with Crippen molar-refractivity contribution in [1.29, 1.82) is 0 Å². The summed E-state index contributed by atoms with van der Waals surface area (Å²) in [5, 5.41) is 39.4. The van der Waals surface area contributed by atoms with Crippen LogP contribution < -0.4 is 20.1 Å². The summed E-state index contributed by atoms with van der Waals surface area (Å²) in [7, 11) is 0. The molecule has 4 fully saturated rings. The summed E-state index contributed by atoms with van der Waals surface area (Å²) < 4.78 is 19.6. The molecule has 3 aromatic carbocycles. The number of aliphatic hydroxyl groups excluding tert-OH is 1. The van der Waals surface area contributed by atoms with Gasteiger partial charge in [0, 0.05) is 48.9 Å². The van der Waals surface area contributed by atoms with Crippen molar-refractivity contribution in [2.75, 3.05) is 57.9 Å². The fraction of sp³-hybridized carbons (Fsp3) is 0.548. The van der Waals surface area contributed by atoms with Gasteiger partial charge in [0.25, 0.3) is 5.91 Å². The van der Waals surface area contributed by atoms with Crippen LogP contribution in [0.15, 0.2) is 66.7 Å². The van der Waals surface area contributed by atoms with Crippen LogP contribution in [0.4, 0.5) is 5.69 Å². The van der Waals surface area contributed by atoms with E-state index in [2.05, 4.69) is 22.8 Å². The molecule has 0 spiro atoms. The van der Waals surface area contributed by atoms with Crippen molar-refractivity contribution in [1.82, 2.24) is 5.32 Å². The Kier molecular flexibility index (Phi) is 10.8. The number of amides is 1. The Balaban J connectivity index is 0.885. The highest BCUT2D eigenvalue weighted by atomic mass is 16.5. The molecule has 3 atom stereocenters. The van der Waals surface area contributed by atoms with E-state index in [4.69, 9.17) is 14.2 Å². The number of carbonyl (C=O) groups is 1. The molecule has 3 aromatic rings. The molecule has 0 aromatic heterocycles. The number of phenols is 1. The molecule has 0 unspecified atom stereocenters. The molecular weight excluding hydrogens is 658 g/mol. The molecule has 10 nitrogen and oxygen atoms in total. The number of aliphatic hydroxyl groups is 2. The summed E-state index contributed by atoms with van der Waals surface area (Å²) in [6.45, 7) is 9.67. The molecule has 5 N–H and O–H groups in total. The normalized spacial score (nSPS) is 24.8. The fourth-order valence-electron chi connectivity index (χ4n) is 9.11.